The van der Waals surface area contributed by atoms with Gasteiger partial charge in [-0.05, 0) is 19.2 Å². The van der Waals surface area contributed by atoms with Gasteiger partial charge in [0.2, 0.25) is 5.91 Å². The molecule has 94 valence electrons. The molecule has 17 heavy (non-hydrogen) atoms. The van der Waals surface area contributed by atoms with E-state index in [0.717, 1.165) is 31.9 Å². The zero-order valence-electron chi connectivity index (χ0n) is 10.3. The van der Waals surface area contributed by atoms with Crippen LogP contribution in [-0.2, 0) is 17.9 Å². The third kappa shape index (κ3) is 2.87. The summed E-state index contributed by atoms with van der Waals surface area (Å²) in [6, 6.07) is 3.89. The number of carbonyl (C=O) groups excluding carboxylic acids is 1. The van der Waals surface area contributed by atoms with Gasteiger partial charge in [-0.15, -0.1) is 0 Å². The summed E-state index contributed by atoms with van der Waals surface area (Å²) in [6.45, 7) is 4.46. The fourth-order valence-electron chi connectivity index (χ4n) is 2.09. The minimum absolute atomic E-state index is 0.184. The number of aromatic nitrogens is 1. The molecular formula is C12H20N4O. The maximum Gasteiger partial charge on any atom is 0.242 e. The average Bonchev–Trinajstić information content (AvgIpc) is 2.77. The predicted molar refractivity (Wildman–Crippen MR) is 66.4 cm³/mol. The summed E-state index contributed by atoms with van der Waals surface area (Å²) in [5.74, 6) is 0.184. The number of amides is 1. The van der Waals surface area contributed by atoms with Gasteiger partial charge < -0.3 is 20.1 Å². The molecule has 0 unspecified atom stereocenters. The summed E-state index contributed by atoms with van der Waals surface area (Å²) in [6.07, 6.45) is 1.91. The highest BCUT2D eigenvalue weighted by Gasteiger charge is 2.19. The number of hydrogen-bond acceptors (Lipinski definition) is 3. The van der Waals surface area contributed by atoms with Crippen LogP contribution in [0.5, 0.6) is 0 Å². The molecule has 1 aromatic rings. The Morgan fingerprint density at radius 2 is 2.06 bits per heavy atom. The Morgan fingerprint density at radius 3 is 2.71 bits per heavy atom. The highest BCUT2D eigenvalue weighted by Crippen LogP contribution is 2.05. The number of nitrogens with zero attached hydrogens (tertiary/aromatic N) is 3. The van der Waals surface area contributed by atoms with E-state index in [1.165, 1.54) is 0 Å². The zero-order chi connectivity index (χ0) is 12.3. The van der Waals surface area contributed by atoms with E-state index in [4.69, 9.17) is 5.73 Å². The molecule has 0 saturated carbocycles. The molecule has 5 heteroatoms. The maximum atomic E-state index is 12.1. The molecule has 2 rings (SSSR count). The van der Waals surface area contributed by atoms with Gasteiger partial charge in [-0.2, -0.15) is 0 Å². The van der Waals surface area contributed by atoms with Crippen molar-refractivity contribution in [3.8, 4) is 0 Å². The quantitative estimate of drug-likeness (QED) is 0.785. The largest absolute Gasteiger partial charge is 0.341 e. The number of hydrogen-bond donors (Lipinski definition) is 1. The molecule has 1 saturated heterocycles. The third-order valence-corrected chi connectivity index (χ3v) is 3.29. The lowest BCUT2D eigenvalue weighted by atomic mass is 10.3. The summed E-state index contributed by atoms with van der Waals surface area (Å²) in [5.41, 5.74) is 6.62. The van der Waals surface area contributed by atoms with E-state index in [1.807, 2.05) is 27.8 Å². The molecular weight excluding hydrogens is 216 g/mol. The zero-order valence-corrected chi connectivity index (χ0v) is 10.3. The first-order chi connectivity index (χ1) is 8.20. The Balaban J connectivity index is 1.93. The normalized spacial score (nSPS) is 17.4. The topological polar surface area (TPSA) is 54.5 Å². The van der Waals surface area contributed by atoms with Gasteiger partial charge >= 0.3 is 0 Å². The monoisotopic (exact) mass is 236 g/mol. The Kier molecular flexibility index (Phi) is 3.81. The molecule has 1 aliphatic rings. The highest BCUT2D eigenvalue weighted by atomic mass is 16.2. The van der Waals surface area contributed by atoms with Crippen molar-refractivity contribution in [2.45, 2.75) is 13.1 Å². The van der Waals surface area contributed by atoms with Crippen molar-refractivity contribution in [2.75, 3.05) is 33.2 Å². The molecule has 0 atom stereocenters. The third-order valence-electron chi connectivity index (χ3n) is 3.29. The second kappa shape index (κ2) is 5.33. The molecule has 1 fully saturated rings. The Hall–Kier alpha value is -1.33. The lowest BCUT2D eigenvalue weighted by molar-refractivity contribution is -0.133. The number of rotatable bonds is 3. The van der Waals surface area contributed by atoms with Crippen LogP contribution < -0.4 is 5.73 Å². The van der Waals surface area contributed by atoms with Crippen LogP contribution in [0.4, 0.5) is 0 Å². The van der Waals surface area contributed by atoms with Gasteiger partial charge in [-0.3, -0.25) is 4.79 Å². The van der Waals surface area contributed by atoms with E-state index in [9.17, 15) is 4.79 Å². The van der Waals surface area contributed by atoms with Gasteiger partial charge in [-0.25, -0.2) is 0 Å². The highest BCUT2D eigenvalue weighted by molar-refractivity contribution is 5.76. The molecule has 0 aliphatic carbocycles. The SMILES string of the molecule is CN1CCN(C(=O)Cn2cccc2CN)CC1. The van der Waals surface area contributed by atoms with Crippen molar-refractivity contribution in [1.29, 1.82) is 0 Å². The van der Waals surface area contributed by atoms with Crippen molar-refractivity contribution in [2.24, 2.45) is 5.73 Å². The van der Waals surface area contributed by atoms with Gasteiger partial charge in [0, 0.05) is 44.6 Å². The standard InChI is InChI=1S/C12H20N4O/c1-14-5-7-15(8-6-14)12(17)10-16-4-2-3-11(16)9-13/h2-4H,5-10,13H2,1H3. The van der Waals surface area contributed by atoms with Crippen molar-refractivity contribution in [1.82, 2.24) is 14.4 Å². The number of likely N-dealkylation sites (N-methyl/N-ethyl adjacent to an activating group) is 1. The minimum atomic E-state index is 0.184. The van der Waals surface area contributed by atoms with Crippen LogP contribution in [0.1, 0.15) is 5.69 Å². The molecule has 0 aromatic carbocycles. The van der Waals surface area contributed by atoms with E-state index in [-0.39, 0.29) is 5.91 Å². The van der Waals surface area contributed by atoms with E-state index < -0.39 is 0 Å². The van der Waals surface area contributed by atoms with Crippen molar-refractivity contribution < 1.29 is 4.79 Å². The van der Waals surface area contributed by atoms with Crippen LogP contribution in [0, 0.1) is 0 Å². The summed E-state index contributed by atoms with van der Waals surface area (Å²) < 4.78 is 1.93. The Morgan fingerprint density at radius 1 is 1.35 bits per heavy atom. The van der Waals surface area contributed by atoms with E-state index >= 15 is 0 Å². The molecule has 0 radical (unpaired) electrons. The summed E-state index contributed by atoms with van der Waals surface area (Å²) in [7, 11) is 2.08. The lowest BCUT2D eigenvalue weighted by Gasteiger charge is -2.32. The van der Waals surface area contributed by atoms with Gasteiger partial charge in [0.1, 0.15) is 6.54 Å². The minimum Gasteiger partial charge on any atom is -0.341 e. The molecule has 0 bridgehead atoms. The fraction of sp³-hybridized carbons (Fsp3) is 0.583. The maximum absolute atomic E-state index is 12.1. The number of piperazine rings is 1. The Bertz CT molecular complexity index is 380. The van der Waals surface area contributed by atoms with Crippen molar-refractivity contribution in [3.05, 3.63) is 24.0 Å². The summed E-state index contributed by atoms with van der Waals surface area (Å²) >= 11 is 0. The van der Waals surface area contributed by atoms with Gasteiger partial charge in [0.15, 0.2) is 0 Å². The fourth-order valence-corrected chi connectivity index (χ4v) is 2.09. The van der Waals surface area contributed by atoms with E-state index in [2.05, 4.69) is 11.9 Å². The van der Waals surface area contributed by atoms with E-state index in [1.54, 1.807) is 0 Å². The Labute approximate surface area is 102 Å². The van der Waals surface area contributed by atoms with Crippen molar-refractivity contribution in [3.63, 3.8) is 0 Å². The molecule has 1 amide bonds. The molecule has 1 aromatic heterocycles. The van der Waals surface area contributed by atoms with Crippen LogP contribution in [0.25, 0.3) is 0 Å². The van der Waals surface area contributed by atoms with Crippen molar-refractivity contribution >= 4 is 5.91 Å². The smallest absolute Gasteiger partial charge is 0.242 e. The second-order valence-electron chi connectivity index (χ2n) is 4.52. The average molecular weight is 236 g/mol. The predicted octanol–water partition coefficient (Wildman–Crippen LogP) is -0.279. The molecule has 5 nitrogen and oxygen atoms in total. The van der Waals surface area contributed by atoms with Crippen LogP contribution in [0.15, 0.2) is 18.3 Å². The van der Waals surface area contributed by atoms with E-state index in [0.29, 0.717) is 13.1 Å². The molecule has 2 N–H and O–H groups in total. The lowest BCUT2D eigenvalue weighted by Crippen LogP contribution is -2.48. The second-order valence-corrected chi connectivity index (χ2v) is 4.52. The first kappa shape index (κ1) is 12.1. The van der Waals surface area contributed by atoms with Crippen LogP contribution in [0.2, 0.25) is 0 Å². The van der Waals surface area contributed by atoms with Crippen LogP contribution >= 0.6 is 0 Å². The van der Waals surface area contributed by atoms with Crippen LogP contribution in [-0.4, -0.2) is 53.5 Å². The number of nitrogens with two attached hydrogens (primary N) is 1. The van der Waals surface area contributed by atoms with Gasteiger partial charge in [-0.1, -0.05) is 0 Å². The molecule has 2 heterocycles. The van der Waals surface area contributed by atoms with Crippen LogP contribution in [0.3, 0.4) is 0 Å². The summed E-state index contributed by atoms with van der Waals surface area (Å²) in [4.78, 5) is 16.3. The van der Waals surface area contributed by atoms with Gasteiger partial charge in [0.25, 0.3) is 0 Å². The first-order valence-electron chi connectivity index (χ1n) is 6.01. The molecule has 1 aliphatic heterocycles. The van der Waals surface area contributed by atoms with Gasteiger partial charge in [0.05, 0.1) is 0 Å². The molecule has 0 spiro atoms. The number of carbonyl (C=O) groups is 1. The first-order valence-corrected chi connectivity index (χ1v) is 6.01. The summed E-state index contributed by atoms with van der Waals surface area (Å²) in [5, 5.41) is 0.